The Morgan fingerprint density at radius 3 is 2.18 bits per heavy atom. The number of nitrogens with one attached hydrogen (secondary N) is 2. The summed E-state index contributed by atoms with van der Waals surface area (Å²) in [5.74, 6) is -0.415. The summed E-state index contributed by atoms with van der Waals surface area (Å²) in [6.07, 6.45) is 0. The molecule has 0 aliphatic carbocycles. The first-order chi connectivity index (χ1) is 10.4. The zero-order valence-electron chi connectivity index (χ0n) is 12.4. The van der Waals surface area contributed by atoms with Gasteiger partial charge in [-0.25, -0.2) is 8.42 Å². The zero-order chi connectivity index (χ0) is 16.2. The molecule has 5 nitrogen and oxygen atoms in total. The zero-order valence-corrected chi connectivity index (χ0v) is 13.2. The van der Waals surface area contributed by atoms with Gasteiger partial charge in [-0.3, -0.25) is 4.79 Å². The van der Waals surface area contributed by atoms with Crippen LogP contribution in [-0.4, -0.2) is 20.4 Å². The van der Waals surface area contributed by atoms with Crippen LogP contribution in [0.2, 0.25) is 0 Å². The predicted molar refractivity (Wildman–Crippen MR) is 86.0 cm³/mol. The Hall–Kier alpha value is -2.18. The molecule has 22 heavy (non-hydrogen) atoms. The average molecular weight is 318 g/mol. The Morgan fingerprint density at radius 2 is 1.59 bits per heavy atom. The van der Waals surface area contributed by atoms with Crippen molar-refractivity contribution >= 4 is 21.6 Å². The molecule has 1 amide bonds. The van der Waals surface area contributed by atoms with E-state index in [2.05, 4.69) is 10.0 Å². The SMILES string of the molecule is Cc1ccc(S(=O)(=O)N[C@H](C)C(=O)Nc2ccccc2)cc1. The largest absolute Gasteiger partial charge is 0.325 e. The van der Waals surface area contributed by atoms with Crippen LogP contribution in [0.5, 0.6) is 0 Å². The fourth-order valence-corrected chi connectivity index (χ4v) is 3.05. The molecule has 2 N–H and O–H groups in total. The van der Waals surface area contributed by atoms with Crippen LogP contribution >= 0.6 is 0 Å². The second-order valence-corrected chi connectivity index (χ2v) is 6.73. The van der Waals surface area contributed by atoms with Crippen LogP contribution in [0.3, 0.4) is 0 Å². The lowest BCUT2D eigenvalue weighted by atomic mass is 10.2. The van der Waals surface area contributed by atoms with E-state index in [1.165, 1.54) is 19.1 Å². The maximum absolute atomic E-state index is 12.2. The molecule has 2 aromatic carbocycles. The van der Waals surface area contributed by atoms with Crippen molar-refractivity contribution in [3.8, 4) is 0 Å². The number of rotatable bonds is 5. The van der Waals surface area contributed by atoms with Gasteiger partial charge < -0.3 is 5.32 Å². The fourth-order valence-electron chi connectivity index (χ4n) is 1.84. The molecule has 0 unspecified atom stereocenters. The van der Waals surface area contributed by atoms with Gasteiger partial charge in [0.05, 0.1) is 10.9 Å². The van der Waals surface area contributed by atoms with Gasteiger partial charge in [0.2, 0.25) is 15.9 Å². The summed E-state index contributed by atoms with van der Waals surface area (Å²) in [6, 6.07) is 14.4. The van der Waals surface area contributed by atoms with Crippen molar-refractivity contribution in [2.45, 2.75) is 24.8 Å². The first kappa shape index (κ1) is 16.2. The molecular formula is C16H18N2O3S. The quantitative estimate of drug-likeness (QED) is 0.888. The first-order valence-electron chi connectivity index (χ1n) is 6.83. The molecule has 0 aliphatic heterocycles. The van der Waals surface area contributed by atoms with Crippen LogP contribution in [0.25, 0.3) is 0 Å². The average Bonchev–Trinajstić information content (AvgIpc) is 2.48. The summed E-state index contributed by atoms with van der Waals surface area (Å²) in [5.41, 5.74) is 1.59. The molecule has 0 aromatic heterocycles. The molecule has 0 radical (unpaired) electrons. The molecular weight excluding hydrogens is 300 g/mol. The second kappa shape index (κ2) is 6.72. The number of anilines is 1. The highest BCUT2D eigenvalue weighted by Crippen LogP contribution is 2.11. The number of benzene rings is 2. The van der Waals surface area contributed by atoms with Crippen molar-refractivity contribution in [3.05, 3.63) is 60.2 Å². The number of sulfonamides is 1. The standard InChI is InChI=1S/C16H18N2O3S/c1-12-8-10-15(11-9-12)22(20,21)18-13(2)16(19)17-14-6-4-3-5-7-14/h3-11,13,18H,1-2H3,(H,17,19)/t13-/m1/s1. The van der Waals surface area contributed by atoms with Crippen molar-refractivity contribution in [1.82, 2.24) is 4.72 Å². The van der Waals surface area contributed by atoms with Gasteiger partial charge in [-0.1, -0.05) is 35.9 Å². The molecule has 116 valence electrons. The lowest BCUT2D eigenvalue weighted by molar-refractivity contribution is -0.117. The molecule has 0 bridgehead atoms. The van der Waals surface area contributed by atoms with E-state index < -0.39 is 22.0 Å². The highest BCUT2D eigenvalue weighted by atomic mass is 32.2. The fraction of sp³-hybridized carbons (Fsp3) is 0.188. The Labute approximate surface area is 130 Å². The normalized spacial score (nSPS) is 12.6. The van der Waals surface area contributed by atoms with Gasteiger partial charge in [0, 0.05) is 5.69 Å². The predicted octanol–water partition coefficient (Wildman–Crippen LogP) is 2.30. The van der Waals surface area contributed by atoms with E-state index in [4.69, 9.17) is 0 Å². The van der Waals surface area contributed by atoms with E-state index in [9.17, 15) is 13.2 Å². The van der Waals surface area contributed by atoms with Crippen molar-refractivity contribution in [1.29, 1.82) is 0 Å². The third-order valence-electron chi connectivity index (χ3n) is 3.10. The molecule has 0 spiro atoms. The number of hydrogen-bond acceptors (Lipinski definition) is 3. The summed E-state index contributed by atoms with van der Waals surface area (Å²) in [4.78, 5) is 12.2. The Balaban J connectivity index is 2.05. The molecule has 1 atom stereocenters. The highest BCUT2D eigenvalue weighted by Gasteiger charge is 2.21. The summed E-state index contributed by atoms with van der Waals surface area (Å²) < 4.78 is 26.8. The number of carbonyl (C=O) groups is 1. The Morgan fingerprint density at radius 1 is 1.00 bits per heavy atom. The maximum atomic E-state index is 12.2. The van der Waals surface area contributed by atoms with E-state index in [0.717, 1.165) is 5.56 Å². The minimum Gasteiger partial charge on any atom is -0.325 e. The summed E-state index contributed by atoms with van der Waals surface area (Å²) in [6.45, 7) is 3.38. The lowest BCUT2D eigenvalue weighted by Crippen LogP contribution is -2.41. The summed E-state index contributed by atoms with van der Waals surface area (Å²) in [5, 5.41) is 2.66. The molecule has 0 fully saturated rings. The first-order valence-corrected chi connectivity index (χ1v) is 8.32. The summed E-state index contributed by atoms with van der Waals surface area (Å²) in [7, 11) is -3.72. The van der Waals surface area contributed by atoms with Gasteiger partial charge in [-0.15, -0.1) is 0 Å². The maximum Gasteiger partial charge on any atom is 0.242 e. The van der Waals surface area contributed by atoms with Gasteiger partial charge in [0.25, 0.3) is 0 Å². The van der Waals surface area contributed by atoms with E-state index in [-0.39, 0.29) is 4.90 Å². The molecule has 0 heterocycles. The minimum absolute atomic E-state index is 0.137. The number of hydrogen-bond donors (Lipinski definition) is 2. The van der Waals surface area contributed by atoms with Crippen molar-refractivity contribution in [2.24, 2.45) is 0 Å². The third-order valence-corrected chi connectivity index (χ3v) is 4.65. The van der Waals surface area contributed by atoms with Crippen molar-refractivity contribution in [2.75, 3.05) is 5.32 Å². The van der Waals surface area contributed by atoms with Crippen LogP contribution in [0.4, 0.5) is 5.69 Å². The molecule has 6 heteroatoms. The summed E-state index contributed by atoms with van der Waals surface area (Å²) >= 11 is 0. The van der Waals surface area contributed by atoms with Gasteiger partial charge in [0.15, 0.2) is 0 Å². The van der Waals surface area contributed by atoms with E-state index >= 15 is 0 Å². The second-order valence-electron chi connectivity index (χ2n) is 5.01. The Kier molecular flexibility index (Phi) is 4.95. The van der Waals surface area contributed by atoms with E-state index in [0.29, 0.717) is 5.69 Å². The monoisotopic (exact) mass is 318 g/mol. The lowest BCUT2D eigenvalue weighted by Gasteiger charge is -2.14. The molecule has 0 aliphatic rings. The molecule has 0 saturated carbocycles. The minimum atomic E-state index is -3.72. The van der Waals surface area contributed by atoms with Gasteiger partial charge in [-0.05, 0) is 38.1 Å². The topological polar surface area (TPSA) is 75.3 Å². The highest BCUT2D eigenvalue weighted by molar-refractivity contribution is 7.89. The number of carbonyl (C=O) groups excluding carboxylic acids is 1. The smallest absolute Gasteiger partial charge is 0.242 e. The molecule has 2 aromatic rings. The van der Waals surface area contributed by atoms with E-state index in [1.54, 1.807) is 36.4 Å². The van der Waals surface area contributed by atoms with Gasteiger partial charge in [0.1, 0.15) is 0 Å². The number of para-hydroxylation sites is 1. The Bertz CT molecular complexity index is 741. The van der Waals surface area contributed by atoms with Gasteiger partial charge >= 0.3 is 0 Å². The van der Waals surface area contributed by atoms with E-state index in [1.807, 2.05) is 13.0 Å². The third kappa shape index (κ3) is 4.16. The van der Waals surface area contributed by atoms with Crippen molar-refractivity contribution < 1.29 is 13.2 Å². The molecule has 0 saturated heterocycles. The van der Waals surface area contributed by atoms with Crippen LogP contribution < -0.4 is 10.0 Å². The van der Waals surface area contributed by atoms with Crippen LogP contribution in [0, 0.1) is 6.92 Å². The van der Waals surface area contributed by atoms with Crippen LogP contribution in [0.15, 0.2) is 59.5 Å². The number of aryl methyl sites for hydroxylation is 1. The number of amides is 1. The van der Waals surface area contributed by atoms with Gasteiger partial charge in [-0.2, -0.15) is 4.72 Å². The van der Waals surface area contributed by atoms with Crippen LogP contribution in [0.1, 0.15) is 12.5 Å². The van der Waals surface area contributed by atoms with Crippen molar-refractivity contribution in [3.63, 3.8) is 0 Å². The molecule has 2 rings (SSSR count). The van der Waals surface area contributed by atoms with Crippen LogP contribution in [-0.2, 0) is 14.8 Å².